The number of rotatable bonds is 5. The van der Waals surface area contributed by atoms with Crippen molar-refractivity contribution in [3.63, 3.8) is 0 Å². The SMILES string of the molecule is C[NH+](CC(=O)Nc1ccccc1C(F)(F)F)Cc1c(F)cccc1Cl. The standard InChI is InChI=1S/C17H15ClF4N2O/c1-24(9-11-13(18)6-4-7-14(11)19)10-16(25)23-15-8-3-2-5-12(15)17(20,21)22/h2-8H,9-10H2,1H3,(H,23,25)/p+1. The summed E-state index contributed by atoms with van der Waals surface area (Å²) < 4.78 is 52.5. The van der Waals surface area contributed by atoms with Crippen molar-refractivity contribution < 1.29 is 27.3 Å². The monoisotopic (exact) mass is 375 g/mol. The average Bonchev–Trinajstić information content (AvgIpc) is 2.50. The van der Waals surface area contributed by atoms with Crippen LogP contribution < -0.4 is 10.2 Å². The molecule has 25 heavy (non-hydrogen) atoms. The lowest BCUT2D eigenvalue weighted by molar-refractivity contribution is -0.885. The first-order valence-electron chi connectivity index (χ1n) is 7.38. The fourth-order valence-corrected chi connectivity index (χ4v) is 2.60. The van der Waals surface area contributed by atoms with Gasteiger partial charge in [0, 0.05) is 0 Å². The molecule has 0 heterocycles. The third kappa shape index (κ3) is 5.17. The summed E-state index contributed by atoms with van der Waals surface area (Å²) in [6.07, 6.45) is -4.57. The molecule has 2 rings (SSSR count). The van der Waals surface area contributed by atoms with Gasteiger partial charge in [0.15, 0.2) is 6.54 Å². The van der Waals surface area contributed by atoms with Crippen LogP contribution in [0.1, 0.15) is 11.1 Å². The molecule has 0 radical (unpaired) electrons. The molecule has 0 aliphatic rings. The predicted molar refractivity (Wildman–Crippen MR) is 86.9 cm³/mol. The van der Waals surface area contributed by atoms with Crippen LogP contribution in [-0.4, -0.2) is 19.5 Å². The zero-order valence-electron chi connectivity index (χ0n) is 13.3. The number of para-hydroxylation sites is 1. The molecule has 2 aromatic rings. The first kappa shape index (κ1) is 19.2. The van der Waals surface area contributed by atoms with E-state index in [0.717, 1.165) is 6.07 Å². The van der Waals surface area contributed by atoms with Gasteiger partial charge in [-0.15, -0.1) is 0 Å². The molecule has 0 fully saturated rings. The number of nitrogens with one attached hydrogen (secondary N) is 2. The minimum absolute atomic E-state index is 0.125. The van der Waals surface area contributed by atoms with Crippen molar-refractivity contribution in [3.8, 4) is 0 Å². The topological polar surface area (TPSA) is 33.5 Å². The van der Waals surface area contributed by atoms with Gasteiger partial charge in [-0.2, -0.15) is 13.2 Å². The normalized spacial score (nSPS) is 12.7. The van der Waals surface area contributed by atoms with Crippen molar-refractivity contribution in [1.29, 1.82) is 0 Å². The highest BCUT2D eigenvalue weighted by atomic mass is 35.5. The van der Waals surface area contributed by atoms with Gasteiger partial charge < -0.3 is 10.2 Å². The lowest BCUT2D eigenvalue weighted by Crippen LogP contribution is -3.08. The molecular weight excluding hydrogens is 360 g/mol. The third-order valence-corrected chi connectivity index (χ3v) is 3.86. The van der Waals surface area contributed by atoms with E-state index in [-0.39, 0.29) is 29.4 Å². The molecule has 0 bridgehead atoms. The number of halogens is 5. The first-order valence-corrected chi connectivity index (χ1v) is 7.76. The number of quaternary nitrogens is 1. The Bertz CT molecular complexity index is 744. The fraction of sp³-hybridized carbons (Fsp3) is 0.235. The summed E-state index contributed by atoms with van der Waals surface area (Å²) in [6, 6.07) is 8.99. The van der Waals surface area contributed by atoms with Gasteiger partial charge in [-0.3, -0.25) is 4.79 Å². The molecule has 0 saturated heterocycles. The van der Waals surface area contributed by atoms with Crippen molar-refractivity contribution in [1.82, 2.24) is 0 Å². The van der Waals surface area contributed by atoms with Crippen LogP contribution in [0, 0.1) is 5.82 Å². The molecule has 0 aromatic heterocycles. The number of benzene rings is 2. The van der Waals surface area contributed by atoms with Crippen LogP contribution in [0.25, 0.3) is 0 Å². The van der Waals surface area contributed by atoms with Crippen molar-refractivity contribution in [2.75, 3.05) is 18.9 Å². The molecule has 2 N–H and O–H groups in total. The summed E-state index contributed by atoms with van der Waals surface area (Å²) in [4.78, 5) is 12.6. The summed E-state index contributed by atoms with van der Waals surface area (Å²) in [5.41, 5.74) is -0.972. The number of likely N-dealkylation sites (N-methyl/N-ethyl adjacent to an activating group) is 1. The first-order chi connectivity index (χ1) is 11.7. The number of alkyl halides is 3. The van der Waals surface area contributed by atoms with Crippen molar-refractivity contribution in [2.24, 2.45) is 0 Å². The Morgan fingerprint density at radius 3 is 2.48 bits per heavy atom. The van der Waals surface area contributed by atoms with Gasteiger partial charge in [0.25, 0.3) is 5.91 Å². The van der Waals surface area contributed by atoms with Crippen LogP contribution in [0.3, 0.4) is 0 Å². The van der Waals surface area contributed by atoms with Crippen LogP contribution in [-0.2, 0) is 17.5 Å². The van der Waals surface area contributed by atoms with Gasteiger partial charge in [-0.1, -0.05) is 29.8 Å². The summed E-state index contributed by atoms with van der Waals surface area (Å²) >= 11 is 5.93. The molecule has 0 spiro atoms. The fourth-order valence-electron chi connectivity index (χ4n) is 2.37. The Morgan fingerprint density at radius 1 is 1.16 bits per heavy atom. The molecule has 2 aromatic carbocycles. The molecule has 8 heteroatoms. The lowest BCUT2D eigenvalue weighted by atomic mass is 10.1. The van der Waals surface area contributed by atoms with E-state index < -0.39 is 23.5 Å². The second-order valence-electron chi connectivity index (χ2n) is 5.60. The zero-order chi connectivity index (χ0) is 18.6. The minimum atomic E-state index is -4.57. The van der Waals surface area contributed by atoms with Gasteiger partial charge in [-0.05, 0) is 24.3 Å². The Hall–Kier alpha value is -2.12. The second kappa shape index (κ2) is 7.84. The van der Waals surface area contributed by atoms with Gasteiger partial charge >= 0.3 is 6.18 Å². The van der Waals surface area contributed by atoms with E-state index in [1.807, 2.05) is 0 Å². The number of hydrogen-bond donors (Lipinski definition) is 2. The van der Waals surface area contributed by atoms with Crippen molar-refractivity contribution in [3.05, 3.63) is 64.4 Å². The highest BCUT2D eigenvalue weighted by Gasteiger charge is 2.33. The second-order valence-corrected chi connectivity index (χ2v) is 6.01. The van der Waals surface area contributed by atoms with Crippen LogP contribution in [0.2, 0.25) is 5.02 Å². The molecule has 1 amide bonds. The molecule has 0 aliphatic carbocycles. The van der Waals surface area contributed by atoms with Crippen molar-refractivity contribution in [2.45, 2.75) is 12.7 Å². The van der Waals surface area contributed by atoms with E-state index in [1.165, 1.54) is 36.4 Å². The maximum Gasteiger partial charge on any atom is 0.418 e. The maximum atomic E-state index is 13.8. The minimum Gasteiger partial charge on any atom is -0.326 e. The van der Waals surface area contributed by atoms with Gasteiger partial charge in [0.1, 0.15) is 12.4 Å². The number of hydrogen-bond acceptors (Lipinski definition) is 1. The van der Waals surface area contributed by atoms with Gasteiger partial charge in [-0.25, -0.2) is 4.39 Å². The van der Waals surface area contributed by atoms with E-state index in [4.69, 9.17) is 11.6 Å². The van der Waals surface area contributed by atoms with E-state index in [9.17, 15) is 22.4 Å². The molecule has 134 valence electrons. The number of amides is 1. The maximum absolute atomic E-state index is 13.8. The quantitative estimate of drug-likeness (QED) is 0.773. The summed E-state index contributed by atoms with van der Waals surface area (Å²) in [5, 5.41) is 2.49. The van der Waals surface area contributed by atoms with Crippen LogP contribution in [0.4, 0.5) is 23.2 Å². The number of carbonyl (C=O) groups is 1. The molecule has 1 unspecified atom stereocenters. The highest BCUT2D eigenvalue weighted by molar-refractivity contribution is 6.31. The van der Waals surface area contributed by atoms with Gasteiger partial charge in [0.2, 0.25) is 0 Å². The largest absolute Gasteiger partial charge is 0.418 e. The Balaban J connectivity index is 2.04. The molecule has 0 aliphatic heterocycles. The predicted octanol–water partition coefficient (Wildman–Crippen LogP) is 3.15. The highest BCUT2D eigenvalue weighted by Crippen LogP contribution is 2.34. The smallest absolute Gasteiger partial charge is 0.326 e. The molecule has 3 nitrogen and oxygen atoms in total. The Morgan fingerprint density at radius 2 is 1.84 bits per heavy atom. The molecule has 0 saturated carbocycles. The third-order valence-electron chi connectivity index (χ3n) is 3.51. The zero-order valence-corrected chi connectivity index (χ0v) is 14.0. The van der Waals surface area contributed by atoms with E-state index >= 15 is 0 Å². The van der Waals surface area contributed by atoms with Crippen LogP contribution in [0.5, 0.6) is 0 Å². The van der Waals surface area contributed by atoms with E-state index in [0.29, 0.717) is 4.90 Å². The average molecular weight is 376 g/mol. The summed E-state index contributed by atoms with van der Waals surface area (Å²) in [5.74, 6) is -1.10. The van der Waals surface area contributed by atoms with E-state index in [1.54, 1.807) is 7.05 Å². The number of carbonyl (C=O) groups excluding carboxylic acids is 1. The molecule has 1 atom stereocenters. The summed E-state index contributed by atoms with van der Waals surface area (Å²) in [6.45, 7) is -0.0172. The van der Waals surface area contributed by atoms with Gasteiger partial charge in [0.05, 0.1) is 28.9 Å². The Kier molecular flexibility index (Phi) is 6.02. The lowest BCUT2D eigenvalue weighted by Gasteiger charge is -2.17. The van der Waals surface area contributed by atoms with Crippen molar-refractivity contribution >= 4 is 23.2 Å². The Labute approximate surface area is 147 Å². The van der Waals surface area contributed by atoms with E-state index in [2.05, 4.69) is 5.32 Å². The van der Waals surface area contributed by atoms with Crippen LogP contribution >= 0.6 is 11.6 Å². The van der Waals surface area contributed by atoms with Crippen LogP contribution in [0.15, 0.2) is 42.5 Å². The molecular formula is C17H16ClF4N2O+. The summed E-state index contributed by atoms with van der Waals surface area (Å²) in [7, 11) is 1.62. The number of anilines is 1.